The van der Waals surface area contributed by atoms with Crippen molar-refractivity contribution in [3.63, 3.8) is 0 Å². The Labute approximate surface area is 157 Å². The van der Waals surface area contributed by atoms with Gasteiger partial charge in [-0.3, -0.25) is 9.59 Å². The molecule has 4 nitrogen and oxygen atoms in total. The zero-order valence-electron chi connectivity index (χ0n) is 14.5. The fraction of sp³-hybridized carbons (Fsp3) is 0.300. The zero-order valence-corrected chi connectivity index (χ0v) is 15.2. The third-order valence-corrected chi connectivity index (χ3v) is 5.10. The molecule has 136 valence electrons. The van der Waals surface area contributed by atoms with Crippen LogP contribution in [0.3, 0.4) is 0 Å². The molecule has 1 heterocycles. The van der Waals surface area contributed by atoms with Crippen molar-refractivity contribution in [2.24, 2.45) is 5.92 Å². The molecule has 0 spiro atoms. The summed E-state index contributed by atoms with van der Waals surface area (Å²) in [5, 5.41) is 3.46. The maximum Gasteiger partial charge on any atom is 0.229 e. The minimum atomic E-state index is -0.380. The third kappa shape index (κ3) is 4.22. The SMILES string of the molecule is Cc1c(Cl)cccc1NC(=O)[C@@H]1CC(=O)N(CCc2ccc(F)cc2)C1. The van der Waals surface area contributed by atoms with Crippen LogP contribution in [-0.4, -0.2) is 29.8 Å². The Morgan fingerprint density at radius 3 is 2.73 bits per heavy atom. The molecule has 0 saturated carbocycles. The number of hydrogen-bond acceptors (Lipinski definition) is 2. The molecular weight excluding hydrogens is 355 g/mol. The maximum absolute atomic E-state index is 12.9. The average Bonchev–Trinajstić information content (AvgIpc) is 2.99. The van der Waals surface area contributed by atoms with Crippen LogP contribution in [0, 0.1) is 18.7 Å². The van der Waals surface area contributed by atoms with Crippen LogP contribution in [0.2, 0.25) is 5.02 Å². The quantitative estimate of drug-likeness (QED) is 0.865. The summed E-state index contributed by atoms with van der Waals surface area (Å²) in [4.78, 5) is 26.4. The standard InChI is InChI=1S/C20H20ClFN2O2/c1-13-17(21)3-2-4-18(13)23-20(26)15-11-19(25)24(12-15)10-9-14-5-7-16(22)8-6-14/h2-8,15H,9-12H2,1H3,(H,23,26)/t15-/m1/s1. The number of rotatable bonds is 5. The first-order chi connectivity index (χ1) is 12.4. The molecule has 1 fully saturated rings. The molecule has 1 aliphatic heterocycles. The molecule has 1 saturated heterocycles. The lowest BCUT2D eigenvalue weighted by atomic mass is 10.1. The van der Waals surface area contributed by atoms with Crippen LogP contribution in [0.25, 0.3) is 0 Å². The Morgan fingerprint density at radius 1 is 1.27 bits per heavy atom. The number of nitrogens with one attached hydrogen (secondary N) is 1. The second-order valence-electron chi connectivity index (χ2n) is 6.52. The zero-order chi connectivity index (χ0) is 18.7. The van der Waals surface area contributed by atoms with Gasteiger partial charge in [0.25, 0.3) is 0 Å². The molecule has 2 aromatic carbocycles. The molecule has 0 unspecified atom stereocenters. The van der Waals surface area contributed by atoms with Crippen LogP contribution in [-0.2, 0) is 16.0 Å². The van der Waals surface area contributed by atoms with Crippen molar-refractivity contribution in [1.29, 1.82) is 0 Å². The van der Waals surface area contributed by atoms with Gasteiger partial charge in [0, 0.05) is 30.2 Å². The second-order valence-corrected chi connectivity index (χ2v) is 6.93. The van der Waals surface area contributed by atoms with Crippen molar-refractivity contribution < 1.29 is 14.0 Å². The highest BCUT2D eigenvalue weighted by Gasteiger charge is 2.34. The van der Waals surface area contributed by atoms with E-state index in [1.54, 1.807) is 35.2 Å². The van der Waals surface area contributed by atoms with Crippen LogP contribution in [0.15, 0.2) is 42.5 Å². The number of benzene rings is 2. The third-order valence-electron chi connectivity index (χ3n) is 4.69. The summed E-state index contributed by atoms with van der Waals surface area (Å²) >= 11 is 6.08. The highest BCUT2D eigenvalue weighted by Crippen LogP contribution is 2.25. The van der Waals surface area contributed by atoms with Crippen LogP contribution in [0.4, 0.5) is 10.1 Å². The van der Waals surface area contributed by atoms with Crippen molar-refractivity contribution >= 4 is 29.1 Å². The summed E-state index contributed by atoms with van der Waals surface area (Å²) in [6.07, 6.45) is 0.836. The molecular formula is C20H20ClFN2O2. The topological polar surface area (TPSA) is 49.4 Å². The number of anilines is 1. The Hall–Kier alpha value is -2.40. The van der Waals surface area contributed by atoms with Gasteiger partial charge in [0.2, 0.25) is 11.8 Å². The summed E-state index contributed by atoms with van der Waals surface area (Å²) in [6.45, 7) is 2.75. The first-order valence-electron chi connectivity index (χ1n) is 8.52. The molecule has 2 amide bonds. The van der Waals surface area contributed by atoms with E-state index < -0.39 is 0 Å². The van der Waals surface area contributed by atoms with Crippen molar-refractivity contribution in [2.75, 3.05) is 18.4 Å². The van der Waals surface area contributed by atoms with E-state index in [2.05, 4.69) is 5.32 Å². The van der Waals surface area contributed by atoms with Crippen molar-refractivity contribution in [1.82, 2.24) is 4.90 Å². The molecule has 1 N–H and O–H groups in total. The molecule has 1 aliphatic rings. The van der Waals surface area contributed by atoms with Gasteiger partial charge in [0.15, 0.2) is 0 Å². The van der Waals surface area contributed by atoms with E-state index in [-0.39, 0.29) is 30.0 Å². The number of amides is 2. The van der Waals surface area contributed by atoms with Gasteiger partial charge in [0.1, 0.15) is 5.82 Å². The van der Waals surface area contributed by atoms with Gasteiger partial charge in [-0.1, -0.05) is 29.8 Å². The Balaban J connectivity index is 1.57. The van der Waals surface area contributed by atoms with E-state index in [1.165, 1.54) is 12.1 Å². The smallest absolute Gasteiger partial charge is 0.229 e. The monoisotopic (exact) mass is 374 g/mol. The van der Waals surface area contributed by atoms with Gasteiger partial charge in [0.05, 0.1) is 5.92 Å². The van der Waals surface area contributed by atoms with E-state index in [0.29, 0.717) is 30.2 Å². The van der Waals surface area contributed by atoms with E-state index in [0.717, 1.165) is 11.1 Å². The van der Waals surface area contributed by atoms with Crippen molar-refractivity contribution in [2.45, 2.75) is 19.8 Å². The Bertz CT molecular complexity index is 823. The molecule has 0 radical (unpaired) electrons. The molecule has 2 aromatic rings. The molecule has 1 atom stereocenters. The van der Waals surface area contributed by atoms with Crippen LogP contribution in [0.1, 0.15) is 17.5 Å². The predicted octanol–water partition coefficient (Wildman–Crippen LogP) is 3.82. The summed E-state index contributed by atoms with van der Waals surface area (Å²) < 4.78 is 12.9. The lowest BCUT2D eigenvalue weighted by Gasteiger charge is -2.17. The number of likely N-dealkylation sites (tertiary alicyclic amines) is 1. The minimum absolute atomic E-state index is 0.0323. The number of nitrogens with zero attached hydrogens (tertiary/aromatic N) is 1. The van der Waals surface area contributed by atoms with Gasteiger partial charge in [-0.25, -0.2) is 4.39 Å². The van der Waals surface area contributed by atoms with Gasteiger partial charge in [-0.15, -0.1) is 0 Å². The first kappa shape index (κ1) is 18.4. The van der Waals surface area contributed by atoms with E-state index in [4.69, 9.17) is 11.6 Å². The highest BCUT2D eigenvalue weighted by molar-refractivity contribution is 6.31. The average molecular weight is 375 g/mol. The number of carbonyl (C=O) groups is 2. The molecule has 0 aliphatic carbocycles. The molecule has 0 bridgehead atoms. The molecule has 3 rings (SSSR count). The van der Waals surface area contributed by atoms with Gasteiger partial charge in [-0.05, 0) is 48.7 Å². The van der Waals surface area contributed by atoms with Gasteiger partial charge < -0.3 is 10.2 Å². The second kappa shape index (κ2) is 7.87. The molecule has 6 heteroatoms. The summed E-state index contributed by atoms with van der Waals surface area (Å²) in [5.74, 6) is -0.865. The van der Waals surface area contributed by atoms with E-state index in [1.807, 2.05) is 6.92 Å². The summed E-state index contributed by atoms with van der Waals surface area (Å²) in [7, 11) is 0. The fourth-order valence-electron chi connectivity index (χ4n) is 3.06. The van der Waals surface area contributed by atoms with Crippen LogP contribution < -0.4 is 5.32 Å². The van der Waals surface area contributed by atoms with Crippen molar-refractivity contribution in [3.8, 4) is 0 Å². The number of halogens is 2. The summed E-state index contributed by atoms with van der Waals surface area (Å²) in [6, 6.07) is 11.6. The molecule has 0 aromatic heterocycles. The Kier molecular flexibility index (Phi) is 5.57. The van der Waals surface area contributed by atoms with E-state index >= 15 is 0 Å². The van der Waals surface area contributed by atoms with E-state index in [9.17, 15) is 14.0 Å². The highest BCUT2D eigenvalue weighted by atomic mass is 35.5. The lowest BCUT2D eigenvalue weighted by Crippen LogP contribution is -2.30. The molecule has 26 heavy (non-hydrogen) atoms. The van der Waals surface area contributed by atoms with Crippen LogP contribution in [0.5, 0.6) is 0 Å². The van der Waals surface area contributed by atoms with Gasteiger partial charge >= 0.3 is 0 Å². The van der Waals surface area contributed by atoms with Crippen molar-refractivity contribution in [3.05, 3.63) is 64.4 Å². The first-order valence-corrected chi connectivity index (χ1v) is 8.90. The van der Waals surface area contributed by atoms with Gasteiger partial charge in [-0.2, -0.15) is 0 Å². The normalized spacial score (nSPS) is 16.8. The minimum Gasteiger partial charge on any atom is -0.342 e. The largest absolute Gasteiger partial charge is 0.342 e. The maximum atomic E-state index is 12.9. The fourth-order valence-corrected chi connectivity index (χ4v) is 3.23. The number of hydrogen-bond donors (Lipinski definition) is 1. The lowest BCUT2D eigenvalue weighted by molar-refractivity contribution is -0.128. The predicted molar refractivity (Wildman–Crippen MR) is 99.6 cm³/mol. The van der Waals surface area contributed by atoms with Crippen LogP contribution >= 0.6 is 11.6 Å². The summed E-state index contributed by atoms with van der Waals surface area (Å²) in [5.41, 5.74) is 2.43. The Morgan fingerprint density at radius 2 is 2.00 bits per heavy atom. The number of carbonyl (C=O) groups excluding carboxylic acids is 2.